The molecule has 0 fully saturated rings. The summed E-state index contributed by atoms with van der Waals surface area (Å²) in [6.45, 7) is 2.24. The van der Waals surface area contributed by atoms with Crippen molar-refractivity contribution >= 4 is 39.1 Å². The van der Waals surface area contributed by atoms with E-state index in [0.717, 1.165) is 10.1 Å². The largest absolute Gasteiger partial charge is 0.492 e. The van der Waals surface area contributed by atoms with Gasteiger partial charge < -0.3 is 15.4 Å². The van der Waals surface area contributed by atoms with Gasteiger partial charge in [-0.15, -0.1) is 11.3 Å². The summed E-state index contributed by atoms with van der Waals surface area (Å²) in [6, 6.07) is 18.1. The van der Waals surface area contributed by atoms with E-state index in [1.807, 2.05) is 37.3 Å². The van der Waals surface area contributed by atoms with Crippen molar-refractivity contribution in [2.75, 3.05) is 11.9 Å². The molecule has 0 unspecified atom stereocenters. The third kappa shape index (κ3) is 5.72. The van der Waals surface area contributed by atoms with Gasteiger partial charge >= 0.3 is 5.69 Å². The maximum absolute atomic E-state index is 13.2. The third-order valence-corrected chi connectivity index (χ3v) is 6.39. The minimum absolute atomic E-state index is 0.0488. The first kappa shape index (κ1) is 24.9. The SMILES string of the molecule is CCOc1ccccc1NC(=O)Cn1c(=O)n(CCC(=O)NCc2ccccc2)c(=O)c2sccc21. The first-order valence-electron chi connectivity index (χ1n) is 11.5. The molecule has 2 N–H and O–H groups in total. The molecule has 0 atom stereocenters. The lowest BCUT2D eigenvalue weighted by Crippen LogP contribution is -2.42. The van der Waals surface area contributed by atoms with Crippen LogP contribution in [0.1, 0.15) is 18.9 Å². The van der Waals surface area contributed by atoms with E-state index >= 15 is 0 Å². The van der Waals surface area contributed by atoms with Gasteiger partial charge in [-0.3, -0.25) is 23.5 Å². The lowest BCUT2D eigenvalue weighted by atomic mass is 10.2. The summed E-state index contributed by atoms with van der Waals surface area (Å²) in [6.07, 6.45) is -0.0488. The number of fused-ring (bicyclic) bond motifs is 1. The van der Waals surface area contributed by atoms with Crippen molar-refractivity contribution in [3.8, 4) is 5.75 Å². The van der Waals surface area contributed by atoms with Crippen LogP contribution in [0.15, 0.2) is 75.6 Å². The van der Waals surface area contributed by atoms with Crippen LogP contribution in [-0.4, -0.2) is 27.6 Å². The van der Waals surface area contributed by atoms with Crippen molar-refractivity contribution in [3.05, 3.63) is 92.4 Å². The van der Waals surface area contributed by atoms with Gasteiger partial charge in [0.05, 0.1) is 17.8 Å². The summed E-state index contributed by atoms with van der Waals surface area (Å²) in [4.78, 5) is 51.4. The second-order valence-electron chi connectivity index (χ2n) is 7.95. The van der Waals surface area contributed by atoms with E-state index < -0.39 is 17.2 Å². The second kappa shape index (κ2) is 11.5. The van der Waals surface area contributed by atoms with E-state index in [9.17, 15) is 19.2 Å². The summed E-state index contributed by atoms with van der Waals surface area (Å²) in [7, 11) is 0. The van der Waals surface area contributed by atoms with E-state index in [-0.39, 0.29) is 25.4 Å². The molecule has 0 radical (unpaired) electrons. The Morgan fingerprint density at radius 2 is 1.69 bits per heavy atom. The van der Waals surface area contributed by atoms with Crippen LogP contribution in [0.5, 0.6) is 5.75 Å². The highest BCUT2D eigenvalue weighted by Crippen LogP contribution is 2.23. The molecule has 0 aliphatic heterocycles. The molecule has 0 aliphatic rings. The maximum Gasteiger partial charge on any atom is 0.332 e. The molecule has 9 nitrogen and oxygen atoms in total. The van der Waals surface area contributed by atoms with E-state index in [4.69, 9.17) is 4.74 Å². The molecule has 0 aliphatic carbocycles. The summed E-state index contributed by atoms with van der Waals surface area (Å²) in [5.41, 5.74) is 0.701. The van der Waals surface area contributed by atoms with Crippen LogP contribution in [0.2, 0.25) is 0 Å². The molecule has 4 rings (SSSR count). The van der Waals surface area contributed by atoms with Gasteiger partial charge in [-0.05, 0) is 36.1 Å². The third-order valence-electron chi connectivity index (χ3n) is 5.49. The summed E-state index contributed by atoms with van der Waals surface area (Å²) in [5, 5.41) is 7.26. The van der Waals surface area contributed by atoms with Gasteiger partial charge in [0, 0.05) is 19.5 Å². The highest BCUT2D eigenvalue weighted by molar-refractivity contribution is 7.17. The van der Waals surface area contributed by atoms with Crippen LogP contribution in [0.25, 0.3) is 10.2 Å². The van der Waals surface area contributed by atoms with Crippen LogP contribution in [0.4, 0.5) is 5.69 Å². The van der Waals surface area contributed by atoms with Crippen molar-refractivity contribution in [2.24, 2.45) is 0 Å². The van der Waals surface area contributed by atoms with Crippen LogP contribution in [0, 0.1) is 0 Å². The van der Waals surface area contributed by atoms with Crippen LogP contribution < -0.4 is 26.6 Å². The number of rotatable bonds is 10. The van der Waals surface area contributed by atoms with Gasteiger partial charge in [0.15, 0.2) is 0 Å². The minimum atomic E-state index is -0.644. The monoisotopic (exact) mass is 506 g/mol. The van der Waals surface area contributed by atoms with Crippen molar-refractivity contribution in [2.45, 2.75) is 33.0 Å². The van der Waals surface area contributed by atoms with Crippen LogP contribution in [0.3, 0.4) is 0 Å². The lowest BCUT2D eigenvalue weighted by molar-refractivity contribution is -0.121. The summed E-state index contributed by atoms with van der Waals surface area (Å²) >= 11 is 1.19. The number of carbonyl (C=O) groups is 2. The number of para-hydroxylation sites is 2. The fraction of sp³-hybridized carbons (Fsp3) is 0.231. The second-order valence-corrected chi connectivity index (χ2v) is 8.87. The van der Waals surface area contributed by atoms with Gasteiger partial charge in [-0.1, -0.05) is 42.5 Å². The summed E-state index contributed by atoms with van der Waals surface area (Å²) in [5.74, 6) is -0.205. The quantitative estimate of drug-likeness (QED) is 0.344. The zero-order chi connectivity index (χ0) is 25.5. The average molecular weight is 507 g/mol. The standard InChI is InChI=1S/C26H26N4O5S/c1-2-35-21-11-7-6-10-19(21)28-23(32)17-30-20-13-15-36-24(20)25(33)29(26(30)34)14-12-22(31)27-16-18-8-4-3-5-9-18/h3-11,13,15H,2,12,14,16-17H2,1H3,(H,27,31)(H,28,32). The molecule has 0 spiro atoms. The highest BCUT2D eigenvalue weighted by atomic mass is 32.1. The lowest BCUT2D eigenvalue weighted by Gasteiger charge is -2.14. The Balaban J connectivity index is 1.52. The van der Waals surface area contributed by atoms with E-state index in [1.165, 1.54) is 15.9 Å². The number of amides is 2. The molecular weight excluding hydrogens is 480 g/mol. The van der Waals surface area contributed by atoms with Crippen molar-refractivity contribution in [1.82, 2.24) is 14.5 Å². The Hall–Kier alpha value is -4.18. The van der Waals surface area contributed by atoms with Crippen molar-refractivity contribution in [1.29, 1.82) is 0 Å². The maximum atomic E-state index is 13.2. The normalized spacial score (nSPS) is 10.8. The van der Waals surface area contributed by atoms with Gasteiger partial charge in [0.1, 0.15) is 17.0 Å². The number of ether oxygens (including phenoxy) is 1. The molecule has 186 valence electrons. The predicted octanol–water partition coefficient (Wildman–Crippen LogP) is 2.97. The minimum Gasteiger partial charge on any atom is -0.492 e. The molecule has 0 saturated heterocycles. The molecule has 2 amide bonds. The Labute approximate surface area is 211 Å². The number of nitrogens with zero attached hydrogens (tertiary/aromatic N) is 2. The zero-order valence-corrected chi connectivity index (χ0v) is 20.5. The van der Waals surface area contributed by atoms with E-state index in [2.05, 4.69) is 10.6 Å². The Bertz CT molecular complexity index is 1490. The molecule has 10 heteroatoms. The van der Waals surface area contributed by atoms with Gasteiger partial charge in [0.25, 0.3) is 5.56 Å². The molecule has 0 bridgehead atoms. The van der Waals surface area contributed by atoms with Crippen LogP contribution in [-0.2, 0) is 29.2 Å². The topological polar surface area (TPSA) is 111 Å². The number of hydrogen-bond acceptors (Lipinski definition) is 6. The van der Waals surface area contributed by atoms with Gasteiger partial charge in [-0.25, -0.2) is 4.79 Å². The Morgan fingerprint density at radius 3 is 2.47 bits per heavy atom. The van der Waals surface area contributed by atoms with Gasteiger partial charge in [0.2, 0.25) is 11.8 Å². The van der Waals surface area contributed by atoms with Crippen LogP contribution >= 0.6 is 11.3 Å². The molecular formula is C26H26N4O5S. The average Bonchev–Trinajstić information content (AvgIpc) is 3.37. The fourth-order valence-electron chi connectivity index (χ4n) is 3.77. The van der Waals surface area contributed by atoms with E-state index in [0.29, 0.717) is 34.8 Å². The zero-order valence-electron chi connectivity index (χ0n) is 19.7. The first-order valence-corrected chi connectivity index (χ1v) is 12.4. The molecule has 4 aromatic rings. The number of nitrogens with one attached hydrogen (secondary N) is 2. The number of benzene rings is 2. The number of hydrogen-bond donors (Lipinski definition) is 2. The molecule has 2 aromatic heterocycles. The predicted molar refractivity (Wildman–Crippen MR) is 139 cm³/mol. The Kier molecular flexibility index (Phi) is 7.96. The molecule has 36 heavy (non-hydrogen) atoms. The molecule has 0 saturated carbocycles. The smallest absolute Gasteiger partial charge is 0.332 e. The highest BCUT2D eigenvalue weighted by Gasteiger charge is 2.18. The number of anilines is 1. The number of thiophene rings is 1. The molecule has 2 aromatic carbocycles. The van der Waals surface area contributed by atoms with Crippen molar-refractivity contribution < 1.29 is 14.3 Å². The number of carbonyl (C=O) groups excluding carboxylic acids is 2. The van der Waals surface area contributed by atoms with Gasteiger partial charge in [-0.2, -0.15) is 0 Å². The number of aromatic nitrogens is 2. The first-order chi connectivity index (χ1) is 17.5. The fourth-order valence-corrected chi connectivity index (χ4v) is 4.61. The van der Waals surface area contributed by atoms with E-state index in [1.54, 1.807) is 35.7 Å². The Morgan fingerprint density at radius 1 is 0.944 bits per heavy atom. The molecule has 2 heterocycles. The van der Waals surface area contributed by atoms with Crippen molar-refractivity contribution in [3.63, 3.8) is 0 Å². The summed E-state index contributed by atoms with van der Waals surface area (Å²) < 4.78 is 8.16.